The smallest absolute Gasteiger partial charge is 0.273 e. The highest BCUT2D eigenvalue weighted by Gasteiger charge is 2.24. The van der Waals surface area contributed by atoms with Crippen molar-refractivity contribution in [3.63, 3.8) is 0 Å². The van der Waals surface area contributed by atoms with Gasteiger partial charge in [-0.15, -0.1) is 0 Å². The molecule has 2 aromatic carbocycles. The Bertz CT molecular complexity index is 859. The van der Waals surface area contributed by atoms with E-state index in [-0.39, 0.29) is 18.2 Å². The number of carbonyl (C=O) groups is 2. The van der Waals surface area contributed by atoms with E-state index in [1.807, 2.05) is 44.2 Å². The van der Waals surface area contributed by atoms with Crippen LogP contribution in [0.25, 0.3) is 0 Å². The largest absolute Gasteiger partial charge is 0.320 e. The Morgan fingerprint density at radius 3 is 2.60 bits per heavy atom. The number of amides is 2. The highest BCUT2D eigenvalue weighted by Crippen LogP contribution is 2.22. The third kappa shape index (κ3) is 3.74. The molecule has 5 nitrogen and oxygen atoms in total. The van der Waals surface area contributed by atoms with Crippen molar-refractivity contribution < 1.29 is 9.59 Å². The molecule has 0 aliphatic carbocycles. The van der Waals surface area contributed by atoms with E-state index >= 15 is 0 Å². The average molecular weight is 400 g/mol. The van der Waals surface area contributed by atoms with Crippen LogP contribution in [0.15, 0.2) is 58.7 Å². The predicted octanol–water partition coefficient (Wildman–Crippen LogP) is 3.83. The summed E-state index contributed by atoms with van der Waals surface area (Å²) in [6, 6.07) is 13.1. The van der Waals surface area contributed by atoms with E-state index < -0.39 is 0 Å². The van der Waals surface area contributed by atoms with Crippen LogP contribution in [0.2, 0.25) is 0 Å². The lowest BCUT2D eigenvalue weighted by Crippen LogP contribution is -2.47. The van der Waals surface area contributed by atoms with Gasteiger partial charge >= 0.3 is 0 Å². The summed E-state index contributed by atoms with van der Waals surface area (Å²) in [6.45, 7) is 3.96. The molecule has 0 bridgehead atoms. The topological polar surface area (TPSA) is 61.4 Å². The molecule has 6 heteroatoms. The summed E-state index contributed by atoms with van der Waals surface area (Å²) in [5.74, 6) is -0.395. The monoisotopic (exact) mass is 399 g/mol. The molecule has 0 atom stereocenters. The molecule has 0 unspecified atom stereocenters. The lowest BCUT2D eigenvalue weighted by molar-refractivity contribution is -0.119. The molecule has 25 heavy (non-hydrogen) atoms. The first kappa shape index (κ1) is 17.2. The quantitative estimate of drug-likeness (QED) is 0.824. The van der Waals surface area contributed by atoms with Crippen LogP contribution >= 0.6 is 15.9 Å². The Hall–Kier alpha value is -2.60. The van der Waals surface area contributed by atoms with E-state index in [2.05, 4.69) is 26.7 Å². The molecule has 0 fully saturated rings. The van der Waals surface area contributed by atoms with Gasteiger partial charge in [-0.25, -0.2) is 5.01 Å². The van der Waals surface area contributed by atoms with Gasteiger partial charge in [-0.2, -0.15) is 0 Å². The molecule has 2 amide bonds. The lowest BCUT2D eigenvalue weighted by Gasteiger charge is -2.28. The van der Waals surface area contributed by atoms with Crippen molar-refractivity contribution in [1.82, 2.24) is 5.43 Å². The molecular formula is C19H18BrN3O2. The van der Waals surface area contributed by atoms with Crippen LogP contribution in [-0.2, 0) is 9.59 Å². The van der Waals surface area contributed by atoms with Crippen molar-refractivity contribution in [2.45, 2.75) is 20.3 Å². The fraction of sp³-hybridized carbons (Fsp3) is 0.158. The van der Waals surface area contributed by atoms with E-state index in [1.54, 1.807) is 18.2 Å². The summed E-state index contributed by atoms with van der Waals surface area (Å²) in [4.78, 5) is 24.8. The molecule has 2 N–H and O–H groups in total. The Morgan fingerprint density at radius 2 is 1.88 bits per heavy atom. The van der Waals surface area contributed by atoms with E-state index in [4.69, 9.17) is 0 Å². The maximum absolute atomic E-state index is 12.6. The number of halogens is 1. The first-order chi connectivity index (χ1) is 12.0. The van der Waals surface area contributed by atoms with Gasteiger partial charge in [0.05, 0.1) is 5.69 Å². The predicted molar refractivity (Wildman–Crippen MR) is 102 cm³/mol. The van der Waals surface area contributed by atoms with Crippen molar-refractivity contribution in [1.29, 1.82) is 0 Å². The molecular weight excluding hydrogens is 382 g/mol. The van der Waals surface area contributed by atoms with E-state index in [0.717, 1.165) is 21.3 Å². The van der Waals surface area contributed by atoms with Crippen molar-refractivity contribution in [3.05, 3.63) is 69.8 Å². The molecule has 0 radical (unpaired) electrons. The molecule has 0 saturated carbocycles. The van der Waals surface area contributed by atoms with Crippen LogP contribution in [0, 0.1) is 13.8 Å². The molecule has 3 rings (SSSR count). The minimum Gasteiger partial charge on any atom is -0.320 e. The minimum absolute atomic E-state index is 0.120. The van der Waals surface area contributed by atoms with Gasteiger partial charge in [-0.3, -0.25) is 15.0 Å². The fourth-order valence-electron chi connectivity index (χ4n) is 2.53. The van der Waals surface area contributed by atoms with Crippen LogP contribution in [0.3, 0.4) is 0 Å². The molecule has 2 aromatic rings. The van der Waals surface area contributed by atoms with Crippen LogP contribution < -0.4 is 15.8 Å². The Morgan fingerprint density at radius 1 is 1.16 bits per heavy atom. The van der Waals surface area contributed by atoms with Crippen molar-refractivity contribution in [3.8, 4) is 0 Å². The number of anilines is 2. The fourth-order valence-corrected chi connectivity index (χ4v) is 2.79. The van der Waals surface area contributed by atoms with Crippen LogP contribution in [0.4, 0.5) is 11.4 Å². The van der Waals surface area contributed by atoms with Gasteiger partial charge in [-0.05, 0) is 61.4 Å². The zero-order chi connectivity index (χ0) is 18.0. The summed E-state index contributed by atoms with van der Waals surface area (Å²) in [7, 11) is 0. The molecule has 1 aliphatic rings. The van der Waals surface area contributed by atoms with E-state index in [0.29, 0.717) is 11.4 Å². The summed E-state index contributed by atoms with van der Waals surface area (Å²) in [5, 5.41) is 4.29. The third-order valence-electron chi connectivity index (χ3n) is 4.14. The summed E-state index contributed by atoms with van der Waals surface area (Å²) >= 11 is 3.37. The summed E-state index contributed by atoms with van der Waals surface area (Å²) < 4.78 is 0.920. The minimum atomic E-state index is -0.275. The number of hydrogen-bond acceptors (Lipinski definition) is 3. The van der Waals surface area contributed by atoms with Gasteiger partial charge in [0.25, 0.3) is 5.91 Å². The Balaban J connectivity index is 1.78. The van der Waals surface area contributed by atoms with Crippen molar-refractivity contribution in [2.24, 2.45) is 0 Å². The third-order valence-corrected chi connectivity index (χ3v) is 4.67. The van der Waals surface area contributed by atoms with Gasteiger partial charge in [-0.1, -0.05) is 28.1 Å². The van der Waals surface area contributed by atoms with Crippen LogP contribution in [0.1, 0.15) is 17.5 Å². The molecule has 0 aromatic heterocycles. The standard InChI is InChI=1S/C19H18BrN3O2/c1-12-4-3-5-16(13(12)2)21-19(25)17-10-11-18(24)23(22-17)15-8-6-14(20)7-9-15/h3-10,22H,11H2,1-2H3,(H,21,25). The molecule has 0 spiro atoms. The second-order valence-electron chi connectivity index (χ2n) is 5.84. The van der Waals surface area contributed by atoms with Gasteiger partial charge < -0.3 is 5.32 Å². The molecule has 1 heterocycles. The van der Waals surface area contributed by atoms with Gasteiger partial charge in [0.2, 0.25) is 5.91 Å². The highest BCUT2D eigenvalue weighted by atomic mass is 79.9. The van der Waals surface area contributed by atoms with Gasteiger partial charge in [0.1, 0.15) is 5.70 Å². The first-order valence-corrected chi connectivity index (χ1v) is 8.68. The molecule has 128 valence electrons. The maximum Gasteiger partial charge on any atom is 0.273 e. The number of aryl methyl sites for hydroxylation is 1. The summed E-state index contributed by atoms with van der Waals surface area (Å²) in [5.41, 5.74) is 6.83. The number of carbonyl (C=O) groups excluding carboxylic acids is 2. The zero-order valence-electron chi connectivity index (χ0n) is 14.0. The van der Waals surface area contributed by atoms with Gasteiger partial charge in [0.15, 0.2) is 0 Å². The maximum atomic E-state index is 12.6. The number of hydrogen-bond donors (Lipinski definition) is 2. The van der Waals surface area contributed by atoms with E-state index in [1.165, 1.54) is 5.01 Å². The van der Waals surface area contributed by atoms with Crippen molar-refractivity contribution >= 4 is 39.1 Å². The Labute approximate surface area is 154 Å². The first-order valence-electron chi connectivity index (χ1n) is 7.88. The van der Waals surface area contributed by atoms with Gasteiger partial charge in [0, 0.05) is 16.6 Å². The van der Waals surface area contributed by atoms with Crippen LogP contribution in [-0.4, -0.2) is 11.8 Å². The number of nitrogens with zero attached hydrogens (tertiary/aromatic N) is 1. The van der Waals surface area contributed by atoms with Crippen LogP contribution in [0.5, 0.6) is 0 Å². The second-order valence-corrected chi connectivity index (χ2v) is 6.76. The SMILES string of the molecule is Cc1cccc(NC(=O)C2=CCC(=O)N(c3ccc(Br)cc3)N2)c1C. The normalized spacial score (nSPS) is 14.0. The number of rotatable bonds is 3. The highest BCUT2D eigenvalue weighted by molar-refractivity contribution is 9.10. The number of nitrogens with one attached hydrogen (secondary N) is 2. The Kier molecular flexibility index (Phi) is 4.90. The number of hydrazine groups is 1. The lowest BCUT2D eigenvalue weighted by atomic mass is 10.1. The average Bonchev–Trinajstić information content (AvgIpc) is 2.60. The zero-order valence-corrected chi connectivity index (χ0v) is 15.6. The molecule has 0 saturated heterocycles. The number of benzene rings is 2. The molecule has 1 aliphatic heterocycles. The van der Waals surface area contributed by atoms with E-state index in [9.17, 15) is 9.59 Å². The second kappa shape index (κ2) is 7.11. The van der Waals surface area contributed by atoms with Crippen molar-refractivity contribution in [2.75, 3.05) is 10.3 Å². The summed E-state index contributed by atoms with van der Waals surface area (Å²) in [6.07, 6.45) is 1.77.